The Bertz CT molecular complexity index is 197. The van der Waals surface area contributed by atoms with Crippen molar-refractivity contribution < 1.29 is 4.79 Å². The normalized spacial score (nSPS) is 19.8. The number of nitrogens with two attached hydrogens (primary N) is 1. The van der Waals surface area contributed by atoms with Gasteiger partial charge in [0.05, 0.1) is 5.54 Å². The number of likely N-dealkylation sites (N-methyl/N-ethyl adjacent to an activating group) is 1. The minimum atomic E-state index is -0.524. The first kappa shape index (κ1) is 10.5. The zero-order chi connectivity index (χ0) is 10.1. The Morgan fingerprint density at radius 3 is 2.38 bits per heavy atom. The van der Waals surface area contributed by atoms with Crippen molar-refractivity contribution in [3.8, 4) is 0 Å². The molecule has 1 aliphatic rings. The summed E-state index contributed by atoms with van der Waals surface area (Å²) in [6.07, 6.45) is 2.81. The second-order valence-corrected chi connectivity index (χ2v) is 4.59. The van der Waals surface area contributed by atoms with E-state index in [1.165, 1.54) is 0 Å². The molecule has 13 heavy (non-hydrogen) atoms. The van der Waals surface area contributed by atoms with Crippen LogP contribution in [0.25, 0.3) is 0 Å². The van der Waals surface area contributed by atoms with Crippen LogP contribution in [0.2, 0.25) is 0 Å². The van der Waals surface area contributed by atoms with Crippen LogP contribution in [0.3, 0.4) is 0 Å². The molecule has 2 N–H and O–H groups in total. The molecule has 0 unspecified atom stereocenters. The van der Waals surface area contributed by atoms with Crippen LogP contribution in [-0.2, 0) is 4.79 Å². The molecule has 0 aromatic heterocycles. The highest BCUT2D eigenvalue weighted by Gasteiger charge is 2.41. The zero-order valence-electron chi connectivity index (χ0n) is 8.84. The van der Waals surface area contributed by atoms with E-state index in [0.717, 1.165) is 25.8 Å². The quantitative estimate of drug-likeness (QED) is 0.710. The summed E-state index contributed by atoms with van der Waals surface area (Å²) in [6, 6.07) is 0. The monoisotopic (exact) mass is 184 g/mol. The maximum absolute atomic E-state index is 11.8. The van der Waals surface area contributed by atoms with Gasteiger partial charge in [0.2, 0.25) is 5.91 Å². The molecule has 76 valence electrons. The molecule has 3 heteroatoms. The fourth-order valence-corrected chi connectivity index (χ4v) is 1.78. The molecule has 0 aromatic rings. The standard InChI is InChI=1S/C10H20N2O/c1-8(2)7-12(3)9(13)10(11)5-4-6-10/h8H,4-7,11H2,1-3H3. The molecule has 1 aliphatic carbocycles. The van der Waals surface area contributed by atoms with Crippen molar-refractivity contribution in [3.05, 3.63) is 0 Å². The first-order valence-electron chi connectivity index (χ1n) is 5.00. The third kappa shape index (κ3) is 2.21. The SMILES string of the molecule is CC(C)CN(C)C(=O)C1(N)CCC1. The lowest BCUT2D eigenvalue weighted by molar-refractivity contribution is -0.139. The van der Waals surface area contributed by atoms with Gasteiger partial charge >= 0.3 is 0 Å². The van der Waals surface area contributed by atoms with Gasteiger partial charge in [-0.3, -0.25) is 4.79 Å². The minimum Gasteiger partial charge on any atom is -0.344 e. The topological polar surface area (TPSA) is 46.3 Å². The van der Waals surface area contributed by atoms with Crippen LogP contribution in [0.5, 0.6) is 0 Å². The molecule has 1 rings (SSSR count). The van der Waals surface area contributed by atoms with Gasteiger partial charge in [-0.25, -0.2) is 0 Å². The van der Waals surface area contributed by atoms with Crippen LogP contribution in [0.1, 0.15) is 33.1 Å². The summed E-state index contributed by atoms with van der Waals surface area (Å²) in [6.45, 7) is 5.01. The number of carbonyl (C=O) groups is 1. The summed E-state index contributed by atoms with van der Waals surface area (Å²) in [4.78, 5) is 13.6. The number of nitrogens with zero attached hydrogens (tertiary/aromatic N) is 1. The van der Waals surface area contributed by atoms with E-state index in [0.29, 0.717) is 5.92 Å². The van der Waals surface area contributed by atoms with Crippen LogP contribution in [0.4, 0.5) is 0 Å². The minimum absolute atomic E-state index is 0.118. The van der Waals surface area contributed by atoms with Crippen molar-refractivity contribution >= 4 is 5.91 Å². The average Bonchev–Trinajstić information content (AvgIpc) is 1.97. The third-order valence-corrected chi connectivity index (χ3v) is 2.66. The van der Waals surface area contributed by atoms with Gasteiger partial charge in [0, 0.05) is 13.6 Å². The summed E-state index contributed by atoms with van der Waals surface area (Å²) in [5.41, 5.74) is 5.41. The number of amides is 1. The van der Waals surface area contributed by atoms with E-state index in [2.05, 4.69) is 13.8 Å². The van der Waals surface area contributed by atoms with E-state index >= 15 is 0 Å². The van der Waals surface area contributed by atoms with E-state index in [1.807, 2.05) is 7.05 Å². The summed E-state index contributed by atoms with van der Waals surface area (Å²) in [7, 11) is 1.84. The molecule has 1 amide bonds. The molecular weight excluding hydrogens is 164 g/mol. The highest BCUT2D eigenvalue weighted by molar-refractivity contribution is 5.86. The number of carbonyl (C=O) groups excluding carboxylic acids is 1. The average molecular weight is 184 g/mol. The largest absolute Gasteiger partial charge is 0.344 e. The summed E-state index contributed by atoms with van der Waals surface area (Å²) in [5, 5.41) is 0. The predicted octanol–water partition coefficient (Wildman–Crippen LogP) is 0.982. The van der Waals surface area contributed by atoms with E-state index in [1.54, 1.807) is 4.90 Å². The Hall–Kier alpha value is -0.570. The van der Waals surface area contributed by atoms with Crippen molar-refractivity contribution in [3.63, 3.8) is 0 Å². The molecule has 0 heterocycles. The highest BCUT2D eigenvalue weighted by atomic mass is 16.2. The smallest absolute Gasteiger partial charge is 0.242 e. The molecule has 0 spiro atoms. The Morgan fingerprint density at radius 2 is 2.08 bits per heavy atom. The van der Waals surface area contributed by atoms with Gasteiger partial charge in [0.15, 0.2) is 0 Å². The molecule has 0 radical (unpaired) electrons. The van der Waals surface area contributed by atoms with Crippen LogP contribution in [0.15, 0.2) is 0 Å². The van der Waals surface area contributed by atoms with Crippen molar-refractivity contribution in [1.29, 1.82) is 0 Å². The molecule has 0 saturated heterocycles. The van der Waals surface area contributed by atoms with Crippen LogP contribution in [0, 0.1) is 5.92 Å². The molecule has 0 aliphatic heterocycles. The lowest BCUT2D eigenvalue weighted by Gasteiger charge is -2.39. The summed E-state index contributed by atoms with van der Waals surface area (Å²) < 4.78 is 0. The van der Waals surface area contributed by atoms with E-state index in [9.17, 15) is 4.79 Å². The highest BCUT2D eigenvalue weighted by Crippen LogP contribution is 2.30. The van der Waals surface area contributed by atoms with Crippen molar-refractivity contribution in [2.45, 2.75) is 38.6 Å². The van der Waals surface area contributed by atoms with Gasteiger partial charge in [-0.15, -0.1) is 0 Å². The van der Waals surface area contributed by atoms with Crippen molar-refractivity contribution in [2.24, 2.45) is 11.7 Å². The number of hydrogen-bond donors (Lipinski definition) is 1. The van der Waals surface area contributed by atoms with Gasteiger partial charge in [0.1, 0.15) is 0 Å². The van der Waals surface area contributed by atoms with Crippen LogP contribution < -0.4 is 5.73 Å². The Kier molecular flexibility index (Phi) is 2.96. The molecule has 3 nitrogen and oxygen atoms in total. The van der Waals surface area contributed by atoms with Gasteiger partial charge in [0.25, 0.3) is 0 Å². The van der Waals surface area contributed by atoms with Gasteiger partial charge in [-0.05, 0) is 25.2 Å². The van der Waals surface area contributed by atoms with Crippen molar-refractivity contribution in [2.75, 3.05) is 13.6 Å². The Labute approximate surface area is 80.3 Å². The second kappa shape index (κ2) is 3.66. The summed E-state index contributed by atoms with van der Waals surface area (Å²) in [5.74, 6) is 0.630. The molecule has 0 atom stereocenters. The Morgan fingerprint density at radius 1 is 1.54 bits per heavy atom. The van der Waals surface area contributed by atoms with Gasteiger partial charge in [-0.1, -0.05) is 13.8 Å². The van der Waals surface area contributed by atoms with E-state index < -0.39 is 5.54 Å². The first-order valence-corrected chi connectivity index (χ1v) is 5.00. The molecular formula is C10H20N2O. The van der Waals surface area contributed by atoms with Gasteiger partial charge in [-0.2, -0.15) is 0 Å². The van der Waals surface area contributed by atoms with E-state index in [4.69, 9.17) is 5.73 Å². The van der Waals surface area contributed by atoms with E-state index in [-0.39, 0.29) is 5.91 Å². The Balaban J connectivity index is 2.46. The third-order valence-electron chi connectivity index (χ3n) is 2.66. The lowest BCUT2D eigenvalue weighted by Crippen LogP contribution is -2.59. The first-order chi connectivity index (χ1) is 5.96. The maximum Gasteiger partial charge on any atom is 0.242 e. The number of rotatable bonds is 3. The fraction of sp³-hybridized carbons (Fsp3) is 0.900. The number of hydrogen-bond acceptors (Lipinski definition) is 2. The van der Waals surface area contributed by atoms with Gasteiger partial charge < -0.3 is 10.6 Å². The molecule has 0 aromatic carbocycles. The molecule has 0 bridgehead atoms. The van der Waals surface area contributed by atoms with Crippen LogP contribution >= 0.6 is 0 Å². The fourth-order valence-electron chi connectivity index (χ4n) is 1.78. The maximum atomic E-state index is 11.8. The summed E-state index contributed by atoms with van der Waals surface area (Å²) >= 11 is 0. The zero-order valence-corrected chi connectivity index (χ0v) is 8.84. The second-order valence-electron chi connectivity index (χ2n) is 4.59. The lowest BCUT2D eigenvalue weighted by atomic mass is 9.76. The predicted molar refractivity (Wildman–Crippen MR) is 53.2 cm³/mol. The molecule has 1 saturated carbocycles. The van der Waals surface area contributed by atoms with Crippen LogP contribution in [-0.4, -0.2) is 29.9 Å². The van der Waals surface area contributed by atoms with Crippen molar-refractivity contribution in [1.82, 2.24) is 4.90 Å². The molecule has 1 fully saturated rings.